The van der Waals surface area contributed by atoms with Crippen molar-refractivity contribution in [3.8, 4) is 33.6 Å². The highest BCUT2D eigenvalue weighted by atomic mass is 79.9. The molecule has 1 fully saturated rings. The molecule has 0 amide bonds. The molecule has 1 aliphatic heterocycles. The first-order valence-corrected chi connectivity index (χ1v) is 26.3. The maximum Gasteiger partial charge on any atom is 0.494 e. The largest absolute Gasteiger partial charge is 0.494 e. The number of para-hydroxylation sites is 7. The van der Waals surface area contributed by atoms with Gasteiger partial charge in [0.2, 0.25) is 0 Å². The quantitative estimate of drug-likeness (QED) is 0.179. The normalized spacial score (nSPS) is 14.3. The highest BCUT2D eigenvalue weighted by molar-refractivity contribution is 9.10. The molecule has 15 rings (SSSR count). The van der Waals surface area contributed by atoms with Crippen LogP contribution >= 0.6 is 15.9 Å². The van der Waals surface area contributed by atoms with Crippen LogP contribution in [0.2, 0.25) is 0 Å². The lowest BCUT2D eigenvalue weighted by Crippen LogP contribution is -2.41. The van der Waals surface area contributed by atoms with Crippen molar-refractivity contribution in [2.75, 3.05) is 0 Å². The fourth-order valence-electron chi connectivity index (χ4n) is 11.2. The monoisotopic (exact) mass is 1020 g/mol. The average Bonchev–Trinajstić information content (AvgIpc) is 4.23. The van der Waals surface area contributed by atoms with E-state index < -0.39 is 0 Å². The lowest BCUT2D eigenvalue weighted by atomic mass is 9.77. The van der Waals surface area contributed by atoms with Crippen LogP contribution in [0.1, 0.15) is 38.8 Å². The fraction of sp³-hybridized carbons (Fsp3) is 0.104. The second-order valence-corrected chi connectivity index (χ2v) is 21.3. The lowest BCUT2D eigenvalue weighted by Gasteiger charge is -2.32. The van der Waals surface area contributed by atoms with Gasteiger partial charge in [-0.3, -0.25) is 0 Å². The first kappa shape index (κ1) is 45.9. The Labute approximate surface area is 439 Å². The summed E-state index contributed by atoms with van der Waals surface area (Å²) in [6, 6.07) is 82.0. The molecule has 5 nitrogen and oxygen atoms in total. The Balaban J connectivity index is 0.000000111. The number of hydrogen-bond acceptors (Lipinski definition) is 2. The second-order valence-electron chi connectivity index (χ2n) is 20.5. The van der Waals surface area contributed by atoms with Gasteiger partial charge in [0.1, 0.15) is 0 Å². The Morgan fingerprint density at radius 1 is 0.419 bits per heavy atom. The van der Waals surface area contributed by atoms with E-state index in [9.17, 15) is 0 Å². The van der Waals surface area contributed by atoms with E-state index in [1.807, 2.05) is 6.07 Å². The standard InChI is InChI=1S/C30H20N2.C19H21BO2.C18H12BrN/c1-2-9-21(10-3-1)32-29-16-7-5-12-24(29)25-14-8-13-22(30(25)32)20-17-18-28-26(19-20)23-11-4-6-15-27(23)31-28;1-18(2)19(3,4)22-20(21-18)15-10-9-14-11-13-7-5-6-8-16(13)17(14)12-15;19-16-11-6-10-15-14-9-4-5-12-17(14)20(18(15)16)13-7-2-1-3-8-13/h1-19,31H;5-10,12H,11H2,1-4H3;1-12H. The maximum atomic E-state index is 6.18. The number of nitrogens with one attached hydrogen (secondary N) is 1. The predicted octanol–water partition coefficient (Wildman–Crippen LogP) is 17.2. The summed E-state index contributed by atoms with van der Waals surface area (Å²) < 4.78 is 18.2. The van der Waals surface area contributed by atoms with Crippen molar-refractivity contribution < 1.29 is 9.31 Å². The van der Waals surface area contributed by atoms with Gasteiger partial charge in [0.25, 0.3) is 0 Å². The second kappa shape index (κ2) is 18.2. The van der Waals surface area contributed by atoms with E-state index in [2.05, 4.69) is 282 Å². The van der Waals surface area contributed by atoms with Crippen molar-refractivity contribution in [3.63, 3.8) is 0 Å². The van der Waals surface area contributed by atoms with Crippen LogP contribution in [0.25, 0.3) is 99.0 Å². The summed E-state index contributed by atoms with van der Waals surface area (Å²) in [4.78, 5) is 3.55. The van der Waals surface area contributed by atoms with E-state index in [1.54, 1.807) is 0 Å². The summed E-state index contributed by atoms with van der Waals surface area (Å²) in [6.45, 7) is 8.37. The SMILES string of the molecule is Brc1cccc2c3ccccc3n(-c3ccccc3)c12.CC1(C)OB(c2ccc3c(c2)-c2ccccc2C3)OC1(C)C.c1ccc(-n2c3ccccc3c3cccc(-c4ccc5[nH]c6ccccc6c5c4)c32)cc1. The number of fused-ring (bicyclic) bond motifs is 12. The molecule has 0 spiro atoms. The van der Waals surface area contributed by atoms with E-state index in [-0.39, 0.29) is 18.3 Å². The summed E-state index contributed by atoms with van der Waals surface area (Å²) in [7, 11) is -0.289. The fourth-order valence-corrected chi connectivity index (χ4v) is 11.7. The van der Waals surface area contributed by atoms with Crippen LogP contribution < -0.4 is 5.46 Å². The van der Waals surface area contributed by atoms with Crippen molar-refractivity contribution >= 4 is 93.9 Å². The summed E-state index contributed by atoms with van der Waals surface area (Å²) in [6.07, 6.45) is 1.02. The number of H-pyrrole nitrogens is 1. The molecule has 3 aromatic heterocycles. The molecule has 0 radical (unpaired) electrons. The zero-order chi connectivity index (χ0) is 50.1. The molecule has 0 saturated carbocycles. The van der Waals surface area contributed by atoms with Gasteiger partial charge in [-0.2, -0.15) is 0 Å². The van der Waals surface area contributed by atoms with Crippen LogP contribution in [-0.4, -0.2) is 32.4 Å². The Hall–Kier alpha value is -7.94. The Bertz CT molecular complexity index is 4250. The van der Waals surface area contributed by atoms with E-state index >= 15 is 0 Å². The van der Waals surface area contributed by atoms with E-state index in [0.29, 0.717) is 0 Å². The molecule has 7 heteroatoms. The molecule has 1 saturated heterocycles. The lowest BCUT2D eigenvalue weighted by molar-refractivity contribution is 0.00578. The van der Waals surface area contributed by atoms with Gasteiger partial charge in [0.05, 0.1) is 33.3 Å². The van der Waals surface area contributed by atoms with Gasteiger partial charge in [-0.25, -0.2) is 0 Å². The van der Waals surface area contributed by atoms with Crippen LogP contribution in [0.5, 0.6) is 0 Å². The van der Waals surface area contributed by atoms with Crippen molar-refractivity contribution in [2.24, 2.45) is 0 Å². The number of rotatable bonds is 4. The average molecular weight is 1020 g/mol. The number of aromatic nitrogens is 3. The molecule has 10 aromatic carbocycles. The van der Waals surface area contributed by atoms with Gasteiger partial charge in [-0.05, 0) is 144 Å². The minimum Gasteiger partial charge on any atom is -0.399 e. The highest BCUT2D eigenvalue weighted by Crippen LogP contribution is 2.42. The van der Waals surface area contributed by atoms with Gasteiger partial charge in [-0.1, -0.05) is 170 Å². The zero-order valence-electron chi connectivity index (χ0n) is 41.8. The zero-order valence-corrected chi connectivity index (χ0v) is 43.4. The smallest absolute Gasteiger partial charge is 0.399 e. The van der Waals surface area contributed by atoms with Crippen molar-refractivity contribution in [3.05, 3.63) is 246 Å². The van der Waals surface area contributed by atoms with Crippen molar-refractivity contribution in [1.82, 2.24) is 14.1 Å². The molecule has 74 heavy (non-hydrogen) atoms. The van der Waals surface area contributed by atoms with Gasteiger partial charge in [0.15, 0.2) is 0 Å². The third-order valence-corrected chi connectivity index (χ3v) is 16.2. The molecular weight excluding hydrogens is 969 g/mol. The Kier molecular flexibility index (Phi) is 11.3. The van der Waals surface area contributed by atoms with Crippen LogP contribution in [0, 0.1) is 0 Å². The predicted molar refractivity (Wildman–Crippen MR) is 314 cm³/mol. The van der Waals surface area contributed by atoms with Gasteiger partial charge in [0, 0.05) is 64.8 Å². The van der Waals surface area contributed by atoms with E-state index in [4.69, 9.17) is 9.31 Å². The Morgan fingerprint density at radius 3 is 1.62 bits per heavy atom. The molecule has 358 valence electrons. The summed E-state index contributed by atoms with van der Waals surface area (Å²) in [5.74, 6) is 0. The van der Waals surface area contributed by atoms with Crippen molar-refractivity contribution in [2.45, 2.75) is 45.3 Å². The van der Waals surface area contributed by atoms with Crippen LogP contribution in [0.3, 0.4) is 0 Å². The number of benzene rings is 10. The molecule has 0 bridgehead atoms. The molecule has 1 aliphatic carbocycles. The molecule has 13 aromatic rings. The van der Waals surface area contributed by atoms with E-state index in [0.717, 1.165) is 16.4 Å². The number of hydrogen-bond donors (Lipinski definition) is 1. The molecule has 2 aliphatic rings. The highest BCUT2D eigenvalue weighted by Gasteiger charge is 2.51. The van der Waals surface area contributed by atoms with E-state index in [1.165, 1.54) is 110 Å². The first-order chi connectivity index (χ1) is 36.1. The summed E-state index contributed by atoms with van der Waals surface area (Å²) in [5.41, 5.74) is 18.1. The van der Waals surface area contributed by atoms with Gasteiger partial charge < -0.3 is 23.4 Å². The van der Waals surface area contributed by atoms with Gasteiger partial charge in [-0.15, -0.1) is 0 Å². The van der Waals surface area contributed by atoms with Gasteiger partial charge >= 0.3 is 7.12 Å². The number of nitrogens with zero attached hydrogens (tertiary/aromatic N) is 2. The maximum absolute atomic E-state index is 6.18. The Morgan fingerprint density at radius 2 is 0.932 bits per heavy atom. The molecule has 4 heterocycles. The van der Waals surface area contributed by atoms with Crippen molar-refractivity contribution in [1.29, 1.82) is 0 Å². The summed E-state index contributed by atoms with van der Waals surface area (Å²) >= 11 is 3.70. The third-order valence-electron chi connectivity index (χ3n) is 15.5. The molecule has 1 N–H and O–H groups in total. The topological polar surface area (TPSA) is 44.1 Å². The third kappa shape index (κ3) is 7.77. The summed E-state index contributed by atoms with van der Waals surface area (Å²) in [5, 5.41) is 7.64. The number of halogens is 1. The van der Waals surface area contributed by atoms with Crippen LogP contribution in [0.15, 0.2) is 235 Å². The first-order valence-electron chi connectivity index (χ1n) is 25.5. The van der Waals surface area contributed by atoms with Crippen LogP contribution in [-0.2, 0) is 15.7 Å². The number of aromatic amines is 1. The van der Waals surface area contributed by atoms with Crippen LogP contribution in [0.4, 0.5) is 0 Å². The molecule has 0 atom stereocenters. The molecular formula is C67H53BBrN3O2. The minimum absolute atomic E-state index is 0.289. The molecule has 0 unspecified atom stereocenters. The minimum atomic E-state index is -0.297.